The van der Waals surface area contributed by atoms with E-state index in [1.54, 1.807) is 0 Å². The normalized spacial score (nSPS) is 16.7. The molecule has 0 N–H and O–H groups in total. The summed E-state index contributed by atoms with van der Waals surface area (Å²) in [6.07, 6.45) is -15.0. The van der Waals surface area contributed by atoms with Gasteiger partial charge in [0.1, 0.15) is 10.1 Å². The van der Waals surface area contributed by atoms with E-state index in [-0.39, 0.29) is 0 Å². The molecule has 0 fully saturated rings. The van der Waals surface area contributed by atoms with Gasteiger partial charge in [0.15, 0.2) is 0 Å². The van der Waals surface area contributed by atoms with Crippen molar-refractivity contribution in [3.8, 4) is 0 Å². The van der Waals surface area contributed by atoms with Gasteiger partial charge >= 0.3 is 29.2 Å². The lowest BCUT2D eigenvalue weighted by Gasteiger charge is -2.39. The molecule has 0 aliphatic carbocycles. The Balaban J connectivity index is 0. The maximum atomic E-state index is 12.9. The number of rotatable bonds is 7. The van der Waals surface area contributed by atoms with Crippen molar-refractivity contribution in [3.05, 3.63) is 0 Å². The number of hydrogen-bond donors (Lipinski definition) is 0. The summed E-state index contributed by atoms with van der Waals surface area (Å²) in [5.74, 6) is -15.7. The molecule has 178 valence electrons. The molecule has 0 saturated heterocycles. The summed E-state index contributed by atoms with van der Waals surface area (Å²) in [4.78, 5) is 0. The maximum absolute atomic E-state index is 12.9. The Bertz CT molecular complexity index is 609. The highest BCUT2D eigenvalue weighted by Crippen LogP contribution is 2.58. The molecule has 16 heteroatoms. The Morgan fingerprint density at radius 3 is 1.00 bits per heavy atom. The van der Waals surface area contributed by atoms with Crippen molar-refractivity contribution in [1.82, 2.24) is 0 Å². The molecule has 0 aliphatic rings. The third-order valence-corrected chi connectivity index (χ3v) is 5.72. The molecule has 0 saturated carbocycles. The number of quaternary nitrogens is 1. The second-order valence-electron chi connectivity index (χ2n) is 5.80. The molecule has 0 spiro atoms. The summed E-state index contributed by atoms with van der Waals surface area (Å²) < 4.78 is 164. The fraction of sp³-hybridized carbons (Fsp3) is 1.00. The summed E-state index contributed by atoms with van der Waals surface area (Å²) in [6, 6.07) is 0. The minimum atomic E-state index is -7.99. The quantitative estimate of drug-likeness (QED) is 0.308. The van der Waals surface area contributed by atoms with E-state index >= 15 is 0 Å². The minimum absolute atomic E-state index is 1.28. The van der Waals surface area contributed by atoms with Gasteiger partial charge in [0.2, 0.25) is 0 Å². The molecule has 1 unspecified atom stereocenters. The van der Waals surface area contributed by atoms with Crippen LogP contribution in [-0.4, -0.2) is 72.8 Å². The van der Waals surface area contributed by atoms with Crippen LogP contribution in [0, 0.1) is 0 Å². The molecule has 0 heterocycles. The van der Waals surface area contributed by atoms with Crippen LogP contribution in [0.1, 0.15) is 27.7 Å². The van der Waals surface area contributed by atoms with E-state index in [1.165, 1.54) is 30.7 Å². The van der Waals surface area contributed by atoms with Crippen LogP contribution in [-0.2, 0) is 10.1 Å². The van der Waals surface area contributed by atoms with E-state index in [0.717, 1.165) is 0 Å². The van der Waals surface area contributed by atoms with Crippen LogP contribution in [0.2, 0.25) is 0 Å². The van der Waals surface area contributed by atoms with Gasteiger partial charge in [0, 0.05) is 0 Å². The molecule has 4 nitrogen and oxygen atoms in total. The van der Waals surface area contributed by atoms with Crippen molar-refractivity contribution in [1.29, 1.82) is 0 Å². The SMILES string of the molecule is CC[N+](CC)(CC)CC.O=S(=O)([O-])C(F)(C(F)(F)F)C(F)(F)C(F)(F)C(F)(F)F. The maximum Gasteiger partial charge on any atom is 0.460 e. The molecule has 0 aromatic rings. The van der Waals surface area contributed by atoms with Crippen LogP contribution in [0.4, 0.5) is 48.3 Å². The van der Waals surface area contributed by atoms with E-state index in [1.807, 2.05) is 0 Å². The largest absolute Gasteiger partial charge is 0.745 e. The van der Waals surface area contributed by atoms with E-state index in [9.17, 15) is 61.3 Å². The van der Waals surface area contributed by atoms with Gasteiger partial charge in [-0.2, -0.15) is 43.9 Å². The fourth-order valence-electron chi connectivity index (χ4n) is 2.20. The van der Waals surface area contributed by atoms with Gasteiger partial charge in [-0.1, -0.05) is 0 Å². The van der Waals surface area contributed by atoms with Crippen LogP contribution in [0.25, 0.3) is 0 Å². The zero-order valence-electron chi connectivity index (χ0n) is 15.6. The van der Waals surface area contributed by atoms with E-state index < -0.39 is 39.3 Å². The Labute approximate surface area is 160 Å². The Morgan fingerprint density at radius 2 is 0.897 bits per heavy atom. The third kappa shape index (κ3) is 5.42. The van der Waals surface area contributed by atoms with Crippen molar-refractivity contribution < 1.29 is 65.7 Å². The number of nitrogens with zero attached hydrogens (tertiary/aromatic N) is 1. The second-order valence-corrected chi connectivity index (χ2v) is 7.27. The molecule has 0 aromatic heterocycles. The minimum Gasteiger partial charge on any atom is -0.745 e. The van der Waals surface area contributed by atoms with Crippen LogP contribution < -0.4 is 0 Å². The highest BCUT2D eigenvalue weighted by molar-refractivity contribution is 7.87. The number of hydrogen-bond acceptors (Lipinski definition) is 3. The molecule has 0 aromatic carbocycles. The van der Waals surface area contributed by atoms with Gasteiger partial charge in [-0.15, -0.1) is 0 Å². The van der Waals surface area contributed by atoms with E-state index in [4.69, 9.17) is 0 Å². The van der Waals surface area contributed by atoms with Crippen LogP contribution in [0.5, 0.6) is 0 Å². The molecule has 0 amide bonds. The first-order chi connectivity index (χ1) is 12.5. The average molecular weight is 479 g/mol. The number of alkyl halides is 11. The lowest BCUT2D eigenvalue weighted by molar-refractivity contribution is -0.921. The van der Waals surface area contributed by atoms with Crippen molar-refractivity contribution in [3.63, 3.8) is 0 Å². The molecule has 1 atom stereocenters. The molecular weight excluding hydrogens is 459 g/mol. The van der Waals surface area contributed by atoms with Crippen LogP contribution >= 0.6 is 0 Å². The number of halogens is 11. The summed E-state index contributed by atoms with van der Waals surface area (Å²) >= 11 is 0. The zero-order valence-corrected chi connectivity index (χ0v) is 16.4. The predicted molar refractivity (Wildman–Crippen MR) is 78.0 cm³/mol. The zero-order chi connectivity index (χ0) is 24.3. The summed E-state index contributed by atoms with van der Waals surface area (Å²) in [5, 5.41) is -7.67. The van der Waals surface area contributed by atoms with Crippen LogP contribution in [0.3, 0.4) is 0 Å². The fourth-order valence-corrected chi connectivity index (χ4v) is 2.92. The standard InChI is InChI=1S/C8H20N.C5HF11O3S/c1-5-9(6-2,7-3)8-4;6-1(7,2(8,9)4(11,12)13)3(10,5(14,15)16)20(17,18)19/h5-8H2,1-4H3;(H,17,18,19)/q+1;/p-1. The van der Waals surface area contributed by atoms with Crippen molar-refractivity contribution in [2.45, 2.75) is 56.9 Å². The lowest BCUT2D eigenvalue weighted by atomic mass is 10.1. The average Bonchev–Trinajstić information content (AvgIpc) is 2.54. The first-order valence-electron chi connectivity index (χ1n) is 7.88. The molecular formula is C13H20F11NO3S. The monoisotopic (exact) mass is 479 g/mol. The first kappa shape index (κ1) is 30.3. The van der Waals surface area contributed by atoms with Gasteiger partial charge in [-0.25, -0.2) is 12.8 Å². The predicted octanol–water partition coefficient (Wildman–Crippen LogP) is 4.48. The molecule has 0 bridgehead atoms. The van der Waals surface area contributed by atoms with E-state index in [0.29, 0.717) is 0 Å². The summed E-state index contributed by atoms with van der Waals surface area (Å²) in [6.45, 7) is 14.2. The second kappa shape index (κ2) is 9.08. The molecule has 29 heavy (non-hydrogen) atoms. The van der Waals surface area contributed by atoms with Crippen molar-refractivity contribution in [2.75, 3.05) is 26.2 Å². The molecule has 0 radical (unpaired) electrons. The van der Waals surface area contributed by atoms with Crippen molar-refractivity contribution in [2.24, 2.45) is 0 Å². The van der Waals surface area contributed by atoms with Crippen molar-refractivity contribution >= 4 is 10.1 Å². The van der Waals surface area contributed by atoms with Gasteiger partial charge in [0.25, 0.3) is 0 Å². The van der Waals surface area contributed by atoms with Crippen LogP contribution in [0.15, 0.2) is 0 Å². The van der Waals surface area contributed by atoms with Gasteiger partial charge < -0.3 is 9.04 Å². The Morgan fingerprint density at radius 1 is 0.621 bits per heavy atom. The van der Waals surface area contributed by atoms with Gasteiger partial charge in [-0.05, 0) is 27.7 Å². The highest BCUT2D eigenvalue weighted by Gasteiger charge is 2.89. The van der Waals surface area contributed by atoms with Gasteiger partial charge in [0.05, 0.1) is 26.2 Å². The van der Waals surface area contributed by atoms with Gasteiger partial charge in [-0.3, -0.25) is 0 Å². The summed E-state index contributed by atoms with van der Waals surface area (Å²) in [5.41, 5.74) is 0. The smallest absolute Gasteiger partial charge is 0.460 e. The third-order valence-electron chi connectivity index (χ3n) is 4.55. The highest BCUT2D eigenvalue weighted by atomic mass is 32.2. The topological polar surface area (TPSA) is 57.2 Å². The van der Waals surface area contributed by atoms with E-state index in [2.05, 4.69) is 27.7 Å². The Hall–Kier alpha value is -0.900. The molecule has 0 rings (SSSR count). The Kier molecular flexibility index (Phi) is 9.48. The lowest BCUT2D eigenvalue weighted by Crippen LogP contribution is -2.70. The summed E-state index contributed by atoms with van der Waals surface area (Å²) in [7, 11) is -7.99. The molecule has 0 aliphatic heterocycles. The first-order valence-corrected chi connectivity index (χ1v) is 9.28.